The lowest BCUT2D eigenvalue weighted by atomic mass is 9.79. The van der Waals surface area contributed by atoms with Gasteiger partial charge in [0.1, 0.15) is 17.3 Å². The van der Waals surface area contributed by atoms with Gasteiger partial charge in [0.05, 0.1) is 0 Å². The van der Waals surface area contributed by atoms with Crippen molar-refractivity contribution < 1.29 is 19.2 Å². The summed E-state index contributed by atoms with van der Waals surface area (Å²) in [5.74, 6) is -0.812. The lowest BCUT2D eigenvalue weighted by Crippen LogP contribution is -2.59. The molecular formula is C33H49N7O4. The van der Waals surface area contributed by atoms with Gasteiger partial charge in [-0.15, -0.1) is 0 Å². The van der Waals surface area contributed by atoms with Crippen molar-refractivity contribution in [3.8, 4) is 0 Å². The van der Waals surface area contributed by atoms with Gasteiger partial charge in [-0.05, 0) is 63.4 Å². The molecule has 1 aromatic heterocycles. The number of aryl methyl sites for hydroxylation is 1. The SMILES string of the molecule is CCC(=O)N[C@H](Cc1ccc(NC(=O)[C@](C)(NC(=O)c2ccnn2CC)C2CCCCCC2)cc1)C(=O)N1CCN(C)CC1. The van der Waals surface area contributed by atoms with E-state index >= 15 is 0 Å². The third kappa shape index (κ3) is 8.25. The van der Waals surface area contributed by atoms with Gasteiger partial charge in [-0.2, -0.15) is 5.10 Å². The molecule has 1 saturated heterocycles. The highest BCUT2D eigenvalue weighted by molar-refractivity contribution is 6.03. The predicted octanol–water partition coefficient (Wildman–Crippen LogP) is 3.21. The van der Waals surface area contributed by atoms with Crippen LogP contribution in [-0.2, 0) is 27.3 Å². The fraction of sp³-hybridized carbons (Fsp3) is 0.606. The zero-order valence-electron chi connectivity index (χ0n) is 26.7. The minimum absolute atomic E-state index is 0.00487. The monoisotopic (exact) mass is 607 g/mol. The van der Waals surface area contributed by atoms with E-state index in [1.165, 1.54) is 0 Å². The van der Waals surface area contributed by atoms with Gasteiger partial charge >= 0.3 is 0 Å². The highest BCUT2D eigenvalue weighted by Crippen LogP contribution is 2.33. The summed E-state index contributed by atoms with van der Waals surface area (Å²) in [6, 6.07) is 8.39. The summed E-state index contributed by atoms with van der Waals surface area (Å²) in [7, 11) is 2.04. The van der Waals surface area contributed by atoms with Crippen LogP contribution in [0, 0.1) is 5.92 Å². The zero-order chi connectivity index (χ0) is 31.7. The number of aromatic nitrogens is 2. The Bertz CT molecular complexity index is 1280. The highest BCUT2D eigenvalue weighted by atomic mass is 16.2. The Morgan fingerprint density at radius 3 is 2.23 bits per heavy atom. The number of nitrogens with one attached hydrogen (secondary N) is 3. The quantitative estimate of drug-likeness (QED) is 0.337. The van der Waals surface area contributed by atoms with Crippen LogP contribution >= 0.6 is 0 Å². The molecule has 1 saturated carbocycles. The Morgan fingerprint density at radius 2 is 1.61 bits per heavy atom. The van der Waals surface area contributed by atoms with Crippen molar-refractivity contribution >= 4 is 29.3 Å². The van der Waals surface area contributed by atoms with Gasteiger partial charge in [0, 0.05) is 57.4 Å². The number of carbonyl (C=O) groups is 4. The number of amides is 4. The molecule has 0 bridgehead atoms. The summed E-state index contributed by atoms with van der Waals surface area (Å²) < 4.78 is 1.63. The van der Waals surface area contributed by atoms with Gasteiger partial charge in [-0.25, -0.2) is 0 Å². The number of benzene rings is 1. The number of nitrogens with zero attached hydrogens (tertiary/aromatic N) is 4. The summed E-state index contributed by atoms with van der Waals surface area (Å²) in [5.41, 5.74) is 0.791. The van der Waals surface area contributed by atoms with Crippen molar-refractivity contribution in [2.45, 2.75) is 90.3 Å². The normalized spacial score (nSPS) is 18.5. The molecule has 2 heterocycles. The van der Waals surface area contributed by atoms with Crippen LogP contribution in [0.3, 0.4) is 0 Å². The molecule has 1 aliphatic carbocycles. The van der Waals surface area contributed by atoms with E-state index in [0.29, 0.717) is 43.9 Å². The molecule has 11 heteroatoms. The van der Waals surface area contributed by atoms with Gasteiger partial charge in [0.15, 0.2) is 0 Å². The Morgan fingerprint density at radius 1 is 0.955 bits per heavy atom. The fourth-order valence-electron chi connectivity index (χ4n) is 6.24. The molecule has 240 valence electrons. The number of piperazine rings is 1. The van der Waals surface area contributed by atoms with Crippen molar-refractivity contribution in [2.24, 2.45) is 5.92 Å². The first-order chi connectivity index (χ1) is 21.1. The summed E-state index contributed by atoms with van der Waals surface area (Å²) in [6.07, 6.45) is 8.28. The van der Waals surface area contributed by atoms with Gasteiger partial charge in [-0.1, -0.05) is 44.7 Å². The van der Waals surface area contributed by atoms with Crippen LogP contribution in [0.2, 0.25) is 0 Å². The highest BCUT2D eigenvalue weighted by Gasteiger charge is 2.43. The van der Waals surface area contributed by atoms with Crippen LogP contribution in [0.4, 0.5) is 5.69 Å². The van der Waals surface area contributed by atoms with Crippen molar-refractivity contribution in [2.75, 3.05) is 38.5 Å². The smallest absolute Gasteiger partial charge is 0.270 e. The minimum atomic E-state index is -1.12. The molecule has 1 aliphatic heterocycles. The summed E-state index contributed by atoms with van der Waals surface area (Å²) in [6.45, 7) is 8.96. The fourth-order valence-corrected chi connectivity index (χ4v) is 6.24. The Labute approximate surface area is 261 Å². The van der Waals surface area contributed by atoms with E-state index in [1.807, 2.05) is 50.1 Å². The lowest BCUT2D eigenvalue weighted by Gasteiger charge is -2.37. The van der Waals surface area contributed by atoms with Crippen LogP contribution in [0.15, 0.2) is 36.5 Å². The Kier molecular flexibility index (Phi) is 11.5. The molecule has 3 N–H and O–H groups in total. The van der Waals surface area contributed by atoms with Crippen molar-refractivity contribution in [3.63, 3.8) is 0 Å². The van der Waals surface area contributed by atoms with E-state index in [0.717, 1.165) is 57.2 Å². The second-order valence-corrected chi connectivity index (χ2v) is 12.3. The van der Waals surface area contributed by atoms with Gasteiger partial charge in [-0.3, -0.25) is 23.9 Å². The van der Waals surface area contributed by atoms with Crippen molar-refractivity contribution in [3.05, 3.63) is 47.8 Å². The molecule has 0 unspecified atom stereocenters. The molecule has 11 nitrogen and oxygen atoms in total. The molecule has 2 aliphatic rings. The lowest BCUT2D eigenvalue weighted by molar-refractivity contribution is -0.137. The van der Waals surface area contributed by atoms with E-state index in [4.69, 9.17) is 0 Å². The molecule has 2 fully saturated rings. The third-order valence-corrected chi connectivity index (χ3v) is 9.19. The van der Waals surface area contributed by atoms with Crippen LogP contribution in [0.1, 0.15) is 81.8 Å². The minimum Gasteiger partial charge on any atom is -0.344 e. The first-order valence-electron chi connectivity index (χ1n) is 16.2. The molecule has 4 amide bonds. The molecule has 1 aromatic carbocycles. The Balaban J connectivity index is 1.48. The Hall–Kier alpha value is -3.73. The predicted molar refractivity (Wildman–Crippen MR) is 170 cm³/mol. The molecule has 2 aromatic rings. The van der Waals surface area contributed by atoms with Crippen LogP contribution in [0.25, 0.3) is 0 Å². The standard InChI is InChI=1S/C33H49N7O4/c1-5-29(41)36-27(31(43)39-21-19-38(4)20-22-39)23-24-13-15-26(16-14-24)35-32(44)33(3,25-11-9-7-8-10-12-25)37-30(42)28-17-18-34-40(28)6-2/h13-18,25,27H,5-12,19-23H2,1-4H3,(H,35,44)(H,36,41)(H,37,42)/t27-,33-/m1/s1. The average Bonchev–Trinajstić information content (AvgIpc) is 3.34. The van der Waals surface area contributed by atoms with Crippen LogP contribution in [0.5, 0.6) is 0 Å². The maximum absolute atomic E-state index is 14.0. The summed E-state index contributed by atoms with van der Waals surface area (Å²) >= 11 is 0. The maximum atomic E-state index is 14.0. The molecule has 4 rings (SSSR count). The first kappa shape index (κ1) is 33.2. The molecule has 0 radical (unpaired) electrons. The van der Waals surface area contributed by atoms with E-state index in [-0.39, 0.29) is 29.5 Å². The number of hydrogen-bond acceptors (Lipinski definition) is 6. The molecule has 44 heavy (non-hydrogen) atoms. The van der Waals surface area contributed by atoms with Gasteiger partial charge < -0.3 is 25.8 Å². The average molecular weight is 608 g/mol. The number of rotatable bonds is 11. The van der Waals surface area contributed by atoms with Crippen molar-refractivity contribution in [1.82, 2.24) is 30.2 Å². The largest absolute Gasteiger partial charge is 0.344 e. The zero-order valence-corrected chi connectivity index (χ0v) is 26.7. The number of likely N-dealkylation sites (N-methyl/N-ethyl adjacent to an activating group) is 1. The number of anilines is 1. The first-order valence-corrected chi connectivity index (χ1v) is 16.2. The van der Waals surface area contributed by atoms with E-state index in [9.17, 15) is 19.2 Å². The van der Waals surface area contributed by atoms with E-state index < -0.39 is 11.6 Å². The van der Waals surface area contributed by atoms with Crippen LogP contribution < -0.4 is 16.0 Å². The van der Waals surface area contributed by atoms with Gasteiger partial charge in [0.25, 0.3) is 5.91 Å². The van der Waals surface area contributed by atoms with E-state index in [2.05, 4.69) is 25.9 Å². The summed E-state index contributed by atoms with van der Waals surface area (Å²) in [4.78, 5) is 57.0. The molecule has 2 atom stereocenters. The maximum Gasteiger partial charge on any atom is 0.270 e. The van der Waals surface area contributed by atoms with Gasteiger partial charge in [0.2, 0.25) is 17.7 Å². The second kappa shape index (κ2) is 15.3. The summed E-state index contributed by atoms with van der Waals surface area (Å²) in [5, 5.41) is 13.3. The van der Waals surface area contributed by atoms with Crippen molar-refractivity contribution in [1.29, 1.82) is 0 Å². The van der Waals surface area contributed by atoms with E-state index in [1.54, 1.807) is 23.9 Å². The second-order valence-electron chi connectivity index (χ2n) is 12.3. The molecule has 0 spiro atoms. The number of carbonyl (C=O) groups excluding carboxylic acids is 4. The number of hydrogen-bond donors (Lipinski definition) is 3. The van der Waals surface area contributed by atoms with Crippen LogP contribution in [-0.4, -0.2) is 88.0 Å². The third-order valence-electron chi connectivity index (χ3n) is 9.19. The molecular weight excluding hydrogens is 558 g/mol. The topological polar surface area (TPSA) is 129 Å².